The molecule has 0 aliphatic rings. The quantitative estimate of drug-likeness (QED) is 0.168. The number of ether oxygens (including phenoxy) is 3. The first-order chi connectivity index (χ1) is 14.4. The number of guanidine groups is 1. The van der Waals surface area contributed by atoms with Gasteiger partial charge in [0, 0.05) is 39.4 Å². The van der Waals surface area contributed by atoms with E-state index in [-0.39, 0.29) is 54.5 Å². The van der Waals surface area contributed by atoms with Gasteiger partial charge in [-0.15, -0.1) is 24.0 Å². The number of carbonyl (C=O) groups is 1. The monoisotopic (exact) mass is 558 g/mol. The summed E-state index contributed by atoms with van der Waals surface area (Å²) in [4.78, 5) is 17.7. The zero-order chi connectivity index (χ0) is 22.4. The molecule has 0 aliphatic carbocycles. The SMILES string of the molecule is CCOCCCNC(=NCc1cccc(OCC)c1OC(F)F)NCC(=O)N(C)C.I. The maximum absolute atomic E-state index is 12.9. The molecule has 0 spiro atoms. The Kier molecular flexibility index (Phi) is 15.7. The molecule has 8 nitrogen and oxygen atoms in total. The average Bonchev–Trinajstić information content (AvgIpc) is 2.70. The standard InChI is InChI=1S/C20H32F2N4O4.HI/c1-5-28-12-8-11-23-20(25-14-17(27)26(3)4)24-13-15-9-7-10-16(29-6-2)18(15)30-19(21)22;/h7,9-10,19H,5-6,8,11-14H2,1-4H3,(H2,23,24,25);1H. The minimum atomic E-state index is -2.98. The van der Waals surface area contributed by atoms with E-state index in [1.54, 1.807) is 39.2 Å². The van der Waals surface area contributed by atoms with Gasteiger partial charge in [-0.1, -0.05) is 12.1 Å². The van der Waals surface area contributed by atoms with Crippen LogP contribution in [-0.4, -0.2) is 70.4 Å². The molecule has 0 saturated heterocycles. The molecule has 1 rings (SSSR count). The third-order valence-corrected chi connectivity index (χ3v) is 3.84. The lowest BCUT2D eigenvalue weighted by Gasteiger charge is -2.16. The van der Waals surface area contributed by atoms with Crippen molar-refractivity contribution >= 4 is 35.8 Å². The van der Waals surface area contributed by atoms with Crippen LogP contribution in [0.25, 0.3) is 0 Å². The van der Waals surface area contributed by atoms with Crippen LogP contribution in [0, 0.1) is 0 Å². The summed E-state index contributed by atoms with van der Waals surface area (Å²) in [7, 11) is 3.31. The summed E-state index contributed by atoms with van der Waals surface area (Å²) < 4.78 is 41.1. The Bertz CT molecular complexity index is 679. The third-order valence-electron chi connectivity index (χ3n) is 3.84. The van der Waals surface area contributed by atoms with Gasteiger partial charge in [0.1, 0.15) is 0 Å². The van der Waals surface area contributed by atoms with E-state index in [1.165, 1.54) is 4.90 Å². The van der Waals surface area contributed by atoms with Gasteiger partial charge in [0.25, 0.3) is 0 Å². The molecule has 1 aromatic carbocycles. The molecule has 0 saturated carbocycles. The van der Waals surface area contributed by atoms with Crippen LogP contribution in [-0.2, 0) is 16.1 Å². The molecule has 178 valence electrons. The maximum atomic E-state index is 12.9. The predicted molar refractivity (Wildman–Crippen MR) is 127 cm³/mol. The first kappa shape index (κ1) is 29.1. The Morgan fingerprint density at radius 3 is 2.55 bits per heavy atom. The summed E-state index contributed by atoms with van der Waals surface area (Å²) in [6.45, 7) is 2.91. The van der Waals surface area contributed by atoms with Crippen LogP contribution in [0.3, 0.4) is 0 Å². The summed E-state index contributed by atoms with van der Waals surface area (Å²) in [5.41, 5.74) is 0.440. The van der Waals surface area contributed by atoms with Crippen molar-refractivity contribution in [1.82, 2.24) is 15.5 Å². The molecular weight excluding hydrogens is 525 g/mol. The summed E-state index contributed by atoms with van der Waals surface area (Å²) >= 11 is 0. The fraction of sp³-hybridized carbons (Fsp3) is 0.600. The smallest absolute Gasteiger partial charge is 0.387 e. The van der Waals surface area contributed by atoms with E-state index in [0.717, 1.165) is 6.42 Å². The van der Waals surface area contributed by atoms with E-state index in [2.05, 4.69) is 20.4 Å². The van der Waals surface area contributed by atoms with Gasteiger partial charge in [-0.3, -0.25) is 4.79 Å². The van der Waals surface area contributed by atoms with Crippen LogP contribution in [0.4, 0.5) is 8.78 Å². The Labute approximate surface area is 199 Å². The minimum absolute atomic E-state index is 0. The number of benzene rings is 1. The molecule has 1 amide bonds. The van der Waals surface area contributed by atoms with E-state index in [9.17, 15) is 13.6 Å². The van der Waals surface area contributed by atoms with Gasteiger partial charge in [0.05, 0.1) is 19.7 Å². The van der Waals surface area contributed by atoms with Gasteiger partial charge < -0.3 is 29.7 Å². The van der Waals surface area contributed by atoms with Crippen LogP contribution < -0.4 is 20.1 Å². The van der Waals surface area contributed by atoms with Crippen molar-refractivity contribution < 1.29 is 27.8 Å². The van der Waals surface area contributed by atoms with Crippen molar-refractivity contribution in [3.8, 4) is 11.5 Å². The second-order valence-corrected chi connectivity index (χ2v) is 6.34. The van der Waals surface area contributed by atoms with Crippen LogP contribution in [0.5, 0.6) is 11.5 Å². The highest BCUT2D eigenvalue weighted by Gasteiger charge is 2.16. The first-order valence-electron chi connectivity index (χ1n) is 9.88. The zero-order valence-electron chi connectivity index (χ0n) is 18.5. The lowest BCUT2D eigenvalue weighted by molar-refractivity contribution is -0.127. The molecule has 0 bridgehead atoms. The van der Waals surface area contributed by atoms with Crippen LogP contribution in [0.1, 0.15) is 25.8 Å². The van der Waals surface area contributed by atoms with Crippen LogP contribution in [0.2, 0.25) is 0 Å². The topological polar surface area (TPSA) is 84.4 Å². The molecule has 1 aromatic rings. The molecule has 11 heteroatoms. The van der Waals surface area contributed by atoms with Crippen molar-refractivity contribution in [3.05, 3.63) is 23.8 Å². The Balaban J connectivity index is 0.00000900. The van der Waals surface area contributed by atoms with Crippen molar-refractivity contribution in [3.63, 3.8) is 0 Å². The maximum Gasteiger partial charge on any atom is 0.387 e. The van der Waals surface area contributed by atoms with Gasteiger partial charge in [0.15, 0.2) is 17.5 Å². The summed E-state index contributed by atoms with van der Waals surface area (Å²) in [6, 6.07) is 4.89. The summed E-state index contributed by atoms with van der Waals surface area (Å²) in [5, 5.41) is 6.06. The van der Waals surface area contributed by atoms with Gasteiger partial charge in [0.2, 0.25) is 5.91 Å². The second kappa shape index (κ2) is 16.8. The number of likely N-dealkylation sites (N-methyl/N-ethyl adjacent to an activating group) is 1. The normalized spacial score (nSPS) is 11.0. The second-order valence-electron chi connectivity index (χ2n) is 6.34. The number of hydrogen-bond donors (Lipinski definition) is 2. The van der Waals surface area contributed by atoms with Crippen molar-refractivity contribution in [1.29, 1.82) is 0 Å². The number of rotatable bonds is 13. The number of nitrogens with one attached hydrogen (secondary N) is 2. The minimum Gasteiger partial charge on any atom is -0.490 e. The first-order valence-corrected chi connectivity index (χ1v) is 9.88. The van der Waals surface area contributed by atoms with Crippen LogP contribution >= 0.6 is 24.0 Å². The average molecular weight is 558 g/mol. The number of para-hydroxylation sites is 1. The zero-order valence-corrected chi connectivity index (χ0v) is 20.8. The molecule has 2 N–H and O–H groups in total. The highest BCUT2D eigenvalue weighted by molar-refractivity contribution is 14.0. The fourth-order valence-corrected chi connectivity index (χ4v) is 2.36. The van der Waals surface area contributed by atoms with E-state index in [0.29, 0.717) is 37.9 Å². The van der Waals surface area contributed by atoms with E-state index < -0.39 is 6.61 Å². The van der Waals surface area contributed by atoms with E-state index in [1.807, 2.05) is 6.92 Å². The number of hydrogen-bond acceptors (Lipinski definition) is 5. The number of aliphatic imine (C=N–C) groups is 1. The molecule has 0 fully saturated rings. The van der Waals surface area contributed by atoms with Gasteiger partial charge >= 0.3 is 6.61 Å². The van der Waals surface area contributed by atoms with E-state index >= 15 is 0 Å². The van der Waals surface area contributed by atoms with Gasteiger partial charge in [-0.25, -0.2) is 4.99 Å². The molecule has 0 atom stereocenters. The molecule has 0 heterocycles. The van der Waals surface area contributed by atoms with Crippen molar-refractivity contribution in [2.75, 3.05) is 47.0 Å². The lowest BCUT2D eigenvalue weighted by Crippen LogP contribution is -2.43. The highest BCUT2D eigenvalue weighted by atomic mass is 127. The number of alkyl halides is 2. The number of nitrogens with zero attached hydrogens (tertiary/aromatic N) is 2. The predicted octanol–water partition coefficient (Wildman–Crippen LogP) is 2.85. The van der Waals surface area contributed by atoms with Crippen molar-refractivity contribution in [2.45, 2.75) is 33.4 Å². The van der Waals surface area contributed by atoms with Crippen LogP contribution in [0.15, 0.2) is 23.2 Å². The van der Waals surface area contributed by atoms with E-state index in [4.69, 9.17) is 9.47 Å². The molecule has 0 aliphatic heterocycles. The Morgan fingerprint density at radius 1 is 1.19 bits per heavy atom. The number of halogens is 3. The number of amides is 1. The molecule has 0 aromatic heterocycles. The molecule has 0 unspecified atom stereocenters. The highest BCUT2D eigenvalue weighted by Crippen LogP contribution is 2.33. The largest absolute Gasteiger partial charge is 0.490 e. The van der Waals surface area contributed by atoms with Gasteiger partial charge in [-0.05, 0) is 26.3 Å². The Hall–Kier alpha value is -1.89. The lowest BCUT2D eigenvalue weighted by atomic mass is 10.2. The number of carbonyl (C=O) groups excluding carboxylic acids is 1. The molecule has 31 heavy (non-hydrogen) atoms. The molecule has 0 radical (unpaired) electrons. The van der Waals surface area contributed by atoms with Gasteiger partial charge in [-0.2, -0.15) is 8.78 Å². The molecular formula is C20H33F2IN4O4. The fourth-order valence-electron chi connectivity index (χ4n) is 2.36. The third kappa shape index (κ3) is 11.9. The summed E-state index contributed by atoms with van der Waals surface area (Å²) in [6.07, 6.45) is 0.746. The van der Waals surface area contributed by atoms with Crippen molar-refractivity contribution in [2.24, 2.45) is 4.99 Å². The summed E-state index contributed by atoms with van der Waals surface area (Å²) in [5.74, 6) is 0.441. The Morgan fingerprint density at radius 2 is 1.94 bits per heavy atom.